The molecule has 0 radical (unpaired) electrons. The molecule has 5 rings (SSSR count). The van der Waals surface area contributed by atoms with Crippen molar-refractivity contribution in [1.29, 1.82) is 0 Å². The van der Waals surface area contributed by atoms with E-state index in [1.807, 2.05) is 36.4 Å². The van der Waals surface area contributed by atoms with Crippen molar-refractivity contribution < 1.29 is 13.2 Å². The number of benzene rings is 2. The first-order valence-electron chi connectivity index (χ1n) is 11.5. The van der Waals surface area contributed by atoms with E-state index in [1.165, 1.54) is 14.1 Å². The minimum Gasteiger partial charge on any atom is -0.355 e. The quantitative estimate of drug-likeness (QED) is 0.424. The summed E-state index contributed by atoms with van der Waals surface area (Å²) < 4.78 is 28.8. The Balaban J connectivity index is 1.49. The predicted molar refractivity (Wildman–Crippen MR) is 136 cm³/mol. The highest BCUT2D eigenvalue weighted by Gasteiger charge is 2.27. The predicted octanol–water partition coefficient (Wildman–Crippen LogP) is 1.97. The van der Waals surface area contributed by atoms with E-state index in [2.05, 4.69) is 16.0 Å². The Labute approximate surface area is 203 Å². The van der Waals surface area contributed by atoms with Gasteiger partial charge in [-0.2, -0.15) is 0 Å². The van der Waals surface area contributed by atoms with Crippen molar-refractivity contribution in [2.45, 2.75) is 25.9 Å². The molecule has 0 saturated carbocycles. The van der Waals surface area contributed by atoms with E-state index in [4.69, 9.17) is 4.98 Å². The molecule has 0 atom stereocenters. The summed E-state index contributed by atoms with van der Waals surface area (Å²) in [5.41, 5.74) is 3.56. The molecular formula is C25H27N5O4S. The van der Waals surface area contributed by atoms with E-state index in [0.29, 0.717) is 36.2 Å². The fraction of sp³-hybridized carbons (Fsp3) is 0.320. The minimum atomic E-state index is -3.38. The maximum absolute atomic E-state index is 13.2. The van der Waals surface area contributed by atoms with Crippen LogP contribution in [-0.2, 0) is 34.3 Å². The van der Waals surface area contributed by atoms with Crippen molar-refractivity contribution in [3.63, 3.8) is 0 Å². The fourth-order valence-electron chi connectivity index (χ4n) is 4.70. The molecule has 4 aromatic rings. The molecule has 9 nitrogen and oxygen atoms in total. The zero-order valence-corrected chi connectivity index (χ0v) is 20.5. The third-order valence-electron chi connectivity index (χ3n) is 6.54. The van der Waals surface area contributed by atoms with Gasteiger partial charge >= 0.3 is 0 Å². The van der Waals surface area contributed by atoms with E-state index in [1.54, 1.807) is 10.6 Å². The average molecular weight is 494 g/mol. The smallest absolute Gasteiger partial charge is 0.261 e. The van der Waals surface area contributed by atoms with E-state index < -0.39 is 10.0 Å². The number of rotatable bonds is 7. The summed E-state index contributed by atoms with van der Waals surface area (Å²) in [6.07, 6.45) is 0.870. The lowest BCUT2D eigenvalue weighted by atomic mass is 10.0. The number of nitrogens with one attached hydrogen (secondary N) is 1. The fourth-order valence-corrected chi connectivity index (χ4v) is 5.42. The van der Waals surface area contributed by atoms with Gasteiger partial charge in [0.25, 0.3) is 5.56 Å². The van der Waals surface area contributed by atoms with Gasteiger partial charge in [-0.3, -0.25) is 14.2 Å². The molecule has 2 aromatic carbocycles. The van der Waals surface area contributed by atoms with Crippen LogP contribution in [0.15, 0.2) is 53.3 Å². The van der Waals surface area contributed by atoms with E-state index >= 15 is 0 Å². The summed E-state index contributed by atoms with van der Waals surface area (Å²) in [6.45, 7) is 0.980. The number of hydrogen-bond acceptors (Lipinski definition) is 5. The molecule has 1 aliphatic rings. The maximum atomic E-state index is 13.2. The number of nitrogens with zero attached hydrogens (tertiary/aromatic N) is 4. The molecule has 0 saturated heterocycles. The first kappa shape index (κ1) is 23.3. The Bertz CT molecular complexity index is 1620. The van der Waals surface area contributed by atoms with Crippen molar-refractivity contribution in [2.24, 2.45) is 0 Å². The van der Waals surface area contributed by atoms with Crippen LogP contribution in [0, 0.1) is 0 Å². The standard InChI is InChI=1S/C25H27N5O4S/c1-28(2)35(33,34)16-13-26-22(31)12-15-29-21-10-6-4-7-17(21)18-11-14-30-24(23(18)29)27-20-9-5-3-8-19(20)25(30)32/h3-10H,11-16H2,1-2H3,(H,26,31). The van der Waals surface area contributed by atoms with Gasteiger partial charge in [-0.1, -0.05) is 30.3 Å². The van der Waals surface area contributed by atoms with Crippen LogP contribution in [0.4, 0.5) is 0 Å². The van der Waals surface area contributed by atoms with Crippen LogP contribution in [0.2, 0.25) is 0 Å². The molecule has 35 heavy (non-hydrogen) atoms. The molecule has 3 heterocycles. The highest BCUT2D eigenvalue weighted by atomic mass is 32.2. The molecule has 0 fully saturated rings. The van der Waals surface area contributed by atoms with Gasteiger partial charge in [-0.05, 0) is 30.2 Å². The van der Waals surface area contributed by atoms with Crippen molar-refractivity contribution in [1.82, 2.24) is 23.7 Å². The number of aryl methyl sites for hydroxylation is 2. The van der Waals surface area contributed by atoms with Crippen LogP contribution in [0.3, 0.4) is 0 Å². The first-order valence-corrected chi connectivity index (χ1v) is 13.2. The van der Waals surface area contributed by atoms with Gasteiger partial charge in [0.1, 0.15) is 0 Å². The molecule has 1 N–H and O–H groups in total. The second kappa shape index (κ2) is 8.94. The Kier molecular flexibility index (Phi) is 5.94. The Morgan fingerprint density at radius 2 is 1.80 bits per heavy atom. The molecule has 1 aliphatic heterocycles. The first-order chi connectivity index (χ1) is 16.8. The number of carbonyl (C=O) groups excluding carboxylic acids is 1. The lowest BCUT2D eigenvalue weighted by Gasteiger charge is -2.21. The van der Waals surface area contributed by atoms with Gasteiger partial charge in [-0.25, -0.2) is 17.7 Å². The average Bonchev–Trinajstić information content (AvgIpc) is 3.17. The minimum absolute atomic E-state index is 0.0512. The summed E-state index contributed by atoms with van der Waals surface area (Å²) in [4.78, 5) is 30.7. The second-order valence-corrected chi connectivity index (χ2v) is 11.2. The third kappa shape index (κ3) is 4.12. The van der Waals surface area contributed by atoms with Gasteiger partial charge in [0.05, 0.1) is 22.3 Å². The van der Waals surface area contributed by atoms with Crippen LogP contribution in [0.25, 0.3) is 33.3 Å². The lowest BCUT2D eigenvalue weighted by molar-refractivity contribution is -0.121. The molecule has 0 spiro atoms. The molecular weight excluding hydrogens is 466 g/mol. The summed E-state index contributed by atoms with van der Waals surface area (Å²) in [6, 6.07) is 15.4. The number of aromatic nitrogens is 3. The summed E-state index contributed by atoms with van der Waals surface area (Å²) in [5, 5.41) is 4.39. The summed E-state index contributed by atoms with van der Waals surface area (Å²) in [5.74, 6) is 0.231. The highest BCUT2D eigenvalue weighted by Crippen LogP contribution is 2.36. The molecule has 1 amide bonds. The van der Waals surface area contributed by atoms with E-state index in [0.717, 1.165) is 26.5 Å². The topological polar surface area (TPSA) is 106 Å². The van der Waals surface area contributed by atoms with Crippen LogP contribution < -0.4 is 10.9 Å². The molecule has 0 unspecified atom stereocenters. The summed E-state index contributed by atoms with van der Waals surface area (Å²) >= 11 is 0. The number of fused-ring (bicyclic) bond motifs is 6. The van der Waals surface area contributed by atoms with Gasteiger partial charge in [0.15, 0.2) is 5.82 Å². The summed E-state index contributed by atoms with van der Waals surface area (Å²) in [7, 11) is -0.435. The normalized spacial score (nSPS) is 13.2. The SMILES string of the molecule is CN(C)S(=O)(=O)CCNC(=O)CCn1c2c(c3ccccc31)CCn1c-2nc2ccccc2c1=O. The molecule has 10 heteroatoms. The zero-order valence-electron chi connectivity index (χ0n) is 19.7. The van der Waals surface area contributed by atoms with Crippen LogP contribution in [0.5, 0.6) is 0 Å². The third-order valence-corrected chi connectivity index (χ3v) is 8.37. The number of para-hydroxylation sites is 2. The Hall–Kier alpha value is -3.50. The van der Waals surface area contributed by atoms with Crippen molar-refractivity contribution in [3.8, 4) is 11.5 Å². The lowest BCUT2D eigenvalue weighted by Crippen LogP contribution is -2.34. The zero-order chi connectivity index (χ0) is 24.7. The van der Waals surface area contributed by atoms with Crippen LogP contribution in [0.1, 0.15) is 12.0 Å². The van der Waals surface area contributed by atoms with Gasteiger partial charge < -0.3 is 9.88 Å². The number of hydrogen-bond donors (Lipinski definition) is 1. The molecule has 2 aromatic heterocycles. The number of sulfonamides is 1. The molecule has 0 bridgehead atoms. The second-order valence-electron chi connectivity index (χ2n) is 8.85. The maximum Gasteiger partial charge on any atom is 0.261 e. The van der Waals surface area contributed by atoms with Gasteiger partial charge in [0.2, 0.25) is 15.9 Å². The van der Waals surface area contributed by atoms with Crippen LogP contribution >= 0.6 is 0 Å². The van der Waals surface area contributed by atoms with Crippen molar-refractivity contribution in [3.05, 3.63) is 64.4 Å². The molecule has 0 aliphatic carbocycles. The largest absolute Gasteiger partial charge is 0.355 e. The van der Waals surface area contributed by atoms with Crippen LogP contribution in [-0.4, -0.2) is 59.1 Å². The molecule has 182 valence electrons. The number of carbonyl (C=O) groups is 1. The number of amides is 1. The van der Waals surface area contributed by atoms with Gasteiger partial charge in [-0.15, -0.1) is 0 Å². The van der Waals surface area contributed by atoms with Gasteiger partial charge in [0, 0.05) is 51.1 Å². The van der Waals surface area contributed by atoms with Crippen molar-refractivity contribution >= 4 is 37.7 Å². The Morgan fingerprint density at radius 1 is 1.09 bits per heavy atom. The highest BCUT2D eigenvalue weighted by molar-refractivity contribution is 7.89. The Morgan fingerprint density at radius 3 is 2.57 bits per heavy atom. The van der Waals surface area contributed by atoms with E-state index in [-0.39, 0.29) is 30.2 Å². The monoisotopic (exact) mass is 493 g/mol. The van der Waals surface area contributed by atoms with E-state index in [9.17, 15) is 18.0 Å². The van der Waals surface area contributed by atoms with Crippen molar-refractivity contribution in [2.75, 3.05) is 26.4 Å².